The molecule has 0 aliphatic carbocycles. The fourth-order valence-electron chi connectivity index (χ4n) is 2.94. The molecule has 0 saturated heterocycles. The number of carboxylic acid groups (broad SMARTS) is 1. The molecule has 2 aromatic carbocycles. The van der Waals surface area contributed by atoms with E-state index in [0.29, 0.717) is 28.8 Å². The molecular weight excluding hydrogens is 383 g/mol. The van der Waals surface area contributed by atoms with Gasteiger partial charge in [0.1, 0.15) is 17.6 Å². The van der Waals surface area contributed by atoms with Gasteiger partial charge in [-0.2, -0.15) is 5.10 Å². The molecule has 3 aromatic rings. The lowest BCUT2D eigenvalue weighted by Crippen LogP contribution is -2.18. The quantitative estimate of drug-likeness (QED) is 0.677. The normalized spacial score (nSPS) is 12.7. The highest BCUT2D eigenvalue weighted by Crippen LogP contribution is 2.33. The van der Waals surface area contributed by atoms with Gasteiger partial charge in [-0.3, -0.25) is 4.68 Å². The number of hydrogen-bond acceptors (Lipinski definition) is 4. The zero-order chi connectivity index (χ0) is 20.5. The number of carbonyl (C=O) groups is 1. The molecule has 1 atom stereocenters. The van der Waals surface area contributed by atoms with Crippen LogP contribution in [0.2, 0.25) is 0 Å². The zero-order valence-corrected chi connectivity index (χ0v) is 16.1. The van der Waals surface area contributed by atoms with Gasteiger partial charge in [-0.25, -0.2) is 17.6 Å². The molecule has 0 saturated carbocycles. The van der Waals surface area contributed by atoms with E-state index in [9.17, 15) is 22.7 Å². The van der Waals surface area contributed by atoms with Gasteiger partial charge in [0.25, 0.3) is 0 Å². The van der Waals surface area contributed by atoms with Crippen molar-refractivity contribution in [2.75, 3.05) is 6.26 Å². The first-order chi connectivity index (χ1) is 13.2. The predicted octanol–water partition coefficient (Wildman–Crippen LogP) is 3.80. The van der Waals surface area contributed by atoms with Gasteiger partial charge in [-0.15, -0.1) is 0 Å². The Morgan fingerprint density at radius 1 is 1.11 bits per heavy atom. The van der Waals surface area contributed by atoms with Crippen molar-refractivity contribution in [3.63, 3.8) is 0 Å². The number of nitrogens with zero attached hydrogens (tertiary/aromatic N) is 2. The fraction of sp³-hybridized carbons (Fsp3) is 0.200. The largest absolute Gasteiger partial charge is 0.480 e. The summed E-state index contributed by atoms with van der Waals surface area (Å²) in [6.45, 7) is 1.75. The molecule has 146 valence electrons. The Bertz CT molecular complexity index is 1100. The maximum absolute atomic E-state index is 13.3. The molecule has 1 N–H and O–H groups in total. The van der Waals surface area contributed by atoms with Gasteiger partial charge < -0.3 is 5.11 Å². The smallest absolute Gasteiger partial charge is 0.328 e. The first kappa shape index (κ1) is 19.8. The maximum atomic E-state index is 13.3. The van der Waals surface area contributed by atoms with Gasteiger partial charge in [0.15, 0.2) is 9.84 Å². The second-order valence-electron chi connectivity index (χ2n) is 6.44. The van der Waals surface area contributed by atoms with Crippen molar-refractivity contribution in [2.45, 2.75) is 24.3 Å². The number of benzene rings is 2. The molecule has 8 heteroatoms. The van der Waals surface area contributed by atoms with Crippen LogP contribution in [-0.2, 0) is 14.6 Å². The van der Waals surface area contributed by atoms with E-state index in [1.54, 1.807) is 37.4 Å². The van der Waals surface area contributed by atoms with Gasteiger partial charge in [0, 0.05) is 23.6 Å². The predicted molar refractivity (Wildman–Crippen MR) is 103 cm³/mol. The summed E-state index contributed by atoms with van der Waals surface area (Å²) < 4.78 is 38.1. The SMILES string of the molecule is CCC(C(=O)O)n1cc(-c2ccc(F)cc2)c(-c2ccc(S(C)(=O)=O)cc2)n1. The van der Waals surface area contributed by atoms with Crippen LogP contribution in [0.4, 0.5) is 4.39 Å². The van der Waals surface area contributed by atoms with Gasteiger partial charge in [-0.05, 0) is 36.2 Å². The molecule has 1 unspecified atom stereocenters. The van der Waals surface area contributed by atoms with E-state index in [1.165, 1.54) is 28.9 Å². The Labute approximate surface area is 162 Å². The van der Waals surface area contributed by atoms with Crippen LogP contribution < -0.4 is 0 Å². The molecule has 28 heavy (non-hydrogen) atoms. The number of carboxylic acids is 1. The summed E-state index contributed by atoms with van der Waals surface area (Å²) in [5.41, 5.74) is 2.43. The van der Waals surface area contributed by atoms with Crippen LogP contribution in [0, 0.1) is 5.82 Å². The summed E-state index contributed by atoms with van der Waals surface area (Å²) >= 11 is 0. The van der Waals surface area contributed by atoms with Gasteiger partial charge in [0.2, 0.25) is 0 Å². The topological polar surface area (TPSA) is 89.3 Å². The number of aliphatic carboxylic acids is 1. The number of sulfone groups is 1. The highest BCUT2D eigenvalue weighted by atomic mass is 32.2. The van der Waals surface area contributed by atoms with Crippen molar-refractivity contribution < 1.29 is 22.7 Å². The molecule has 0 aliphatic heterocycles. The summed E-state index contributed by atoms with van der Waals surface area (Å²) in [6.07, 6.45) is 3.08. The zero-order valence-electron chi connectivity index (χ0n) is 15.3. The van der Waals surface area contributed by atoms with E-state index in [-0.39, 0.29) is 10.7 Å². The lowest BCUT2D eigenvalue weighted by Gasteiger charge is -2.09. The third-order valence-corrected chi connectivity index (χ3v) is 5.56. The van der Waals surface area contributed by atoms with Crippen LogP contribution in [0.3, 0.4) is 0 Å². The summed E-state index contributed by atoms with van der Waals surface area (Å²) in [4.78, 5) is 11.7. The van der Waals surface area contributed by atoms with E-state index in [1.807, 2.05) is 0 Å². The van der Waals surface area contributed by atoms with Crippen LogP contribution in [0.1, 0.15) is 19.4 Å². The van der Waals surface area contributed by atoms with E-state index < -0.39 is 21.8 Å². The minimum atomic E-state index is -3.34. The molecule has 0 aliphatic rings. The van der Waals surface area contributed by atoms with Crippen LogP contribution >= 0.6 is 0 Å². The third kappa shape index (κ3) is 3.96. The molecule has 1 aromatic heterocycles. The second-order valence-corrected chi connectivity index (χ2v) is 8.45. The molecule has 0 fully saturated rings. The number of rotatable bonds is 6. The molecule has 0 radical (unpaired) electrons. The van der Waals surface area contributed by atoms with E-state index >= 15 is 0 Å². The Balaban J connectivity index is 2.16. The second kappa shape index (κ2) is 7.55. The molecular formula is C20H19FN2O4S. The fourth-order valence-corrected chi connectivity index (χ4v) is 3.57. The summed E-state index contributed by atoms with van der Waals surface area (Å²) in [6, 6.07) is 11.2. The van der Waals surface area contributed by atoms with E-state index in [4.69, 9.17) is 0 Å². The molecule has 0 amide bonds. The van der Waals surface area contributed by atoms with Gasteiger partial charge >= 0.3 is 5.97 Å². The van der Waals surface area contributed by atoms with E-state index in [2.05, 4.69) is 5.10 Å². The van der Waals surface area contributed by atoms with Crippen LogP contribution in [0.25, 0.3) is 22.4 Å². The number of aromatic nitrogens is 2. The molecule has 0 bridgehead atoms. The monoisotopic (exact) mass is 402 g/mol. The van der Waals surface area contributed by atoms with E-state index in [0.717, 1.165) is 6.26 Å². The summed E-state index contributed by atoms with van der Waals surface area (Å²) in [5, 5.41) is 13.9. The average molecular weight is 402 g/mol. The average Bonchev–Trinajstić information content (AvgIpc) is 3.07. The first-order valence-corrected chi connectivity index (χ1v) is 10.5. The number of halogens is 1. The minimum Gasteiger partial charge on any atom is -0.480 e. The Kier molecular flexibility index (Phi) is 5.33. The van der Waals surface area contributed by atoms with Crippen molar-refractivity contribution in [3.05, 3.63) is 60.5 Å². The Morgan fingerprint density at radius 2 is 1.68 bits per heavy atom. The highest BCUT2D eigenvalue weighted by Gasteiger charge is 2.22. The molecule has 3 rings (SSSR count). The Hall–Kier alpha value is -3.00. The minimum absolute atomic E-state index is 0.177. The maximum Gasteiger partial charge on any atom is 0.328 e. The third-order valence-electron chi connectivity index (χ3n) is 4.43. The van der Waals surface area contributed by atoms with Crippen molar-refractivity contribution in [1.29, 1.82) is 0 Å². The lowest BCUT2D eigenvalue weighted by atomic mass is 10.0. The van der Waals surface area contributed by atoms with Crippen molar-refractivity contribution in [3.8, 4) is 22.4 Å². The van der Waals surface area contributed by atoms with Crippen molar-refractivity contribution in [1.82, 2.24) is 9.78 Å². The summed E-state index contributed by atoms with van der Waals surface area (Å²) in [7, 11) is -3.34. The Morgan fingerprint density at radius 3 is 2.18 bits per heavy atom. The van der Waals surface area contributed by atoms with Gasteiger partial charge in [-0.1, -0.05) is 31.2 Å². The van der Waals surface area contributed by atoms with Crippen molar-refractivity contribution >= 4 is 15.8 Å². The summed E-state index contributed by atoms with van der Waals surface area (Å²) in [5.74, 6) is -1.39. The van der Waals surface area contributed by atoms with Crippen LogP contribution in [0.15, 0.2) is 59.6 Å². The molecule has 6 nitrogen and oxygen atoms in total. The van der Waals surface area contributed by atoms with Crippen LogP contribution in [-0.4, -0.2) is 35.5 Å². The molecule has 0 spiro atoms. The highest BCUT2D eigenvalue weighted by molar-refractivity contribution is 7.90. The van der Waals surface area contributed by atoms with Crippen LogP contribution in [0.5, 0.6) is 0 Å². The first-order valence-electron chi connectivity index (χ1n) is 8.59. The standard InChI is InChI=1S/C20H19FN2O4S/c1-3-18(20(24)25)23-12-17(13-4-8-15(21)9-5-13)19(22-23)14-6-10-16(11-7-14)28(2,26)27/h4-12,18H,3H2,1-2H3,(H,24,25). The molecule has 1 heterocycles. The van der Waals surface area contributed by atoms with Gasteiger partial charge in [0.05, 0.1) is 4.90 Å². The van der Waals surface area contributed by atoms with Crippen molar-refractivity contribution in [2.24, 2.45) is 0 Å². The number of hydrogen-bond donors (Lipinski definition) is 1. The lowest BCUT2D eigenvalue weighted by molar-refractivity contribution is -0.141.